The molecule has 2 aliphatic rings. The lowest BCUT2D eigenvalue weighted by Gasteiger charge is -2.26. The van der Waals surface area contributed by atoms with Crippen molar-refractivity contribution in [2.45, 2.75) is 50.0 Å². The highest BCUT2D eigenvalue weighted by Gasteiger charge is 2.50. The number of amides is 2. The van der Waals surface area contributed by atoms with Crippen LogP contribution in [0.3, 0.4) is 0 Å². The zero-order valence-electron chi connectivity index (χ0n) is 31.6. The fraction of sp³-hybridized carbons (Fsp3) is 0.286. The van der Waals surface area contributed by atoms with Gasteiger partial charge in [-0.2, -0.15) is 17.6 Å². The van der Waals surface area contributed by atoms with Gasteiger partial charge in [-0.25, -0.2) is 9.98 Å². The largest absolute Gasteiger partial charge is 0.435 e. The van der Waals surface area contributed by atoms with Gasteiger partial charge in [0.25, 0.3) is 11.8 Å². The summed E-state index contributed by atoms with van der Waals surface area (Å²) in [4.78, 5) is 37.9. The van der Waals surface area contributed by atoms with E-state index in [0.717, 1.165) is 18.4 Å². The lowest BCUT2D eigenvalue weighted by molar-refractivity contribution is -0.130. The molecule has 0 aliphatic carbocycles. The van der Waals surface area contributed by atoms with Gasteiger partial charge in [-0.1, -0.05) is 72.5 Å². The van der Waals surface area contributed by atoms with Gasteiger partial charge in [0, 0.05) is 34.1 Å². The maximum absolute atomic E-state index is 13.2. The van der Waals surface area contributed by atoms with Gasteiger partial charge in [-0.05, 0) is 83.5 Å². The number of aliphatic imine (C=N–C) groups is 2. The van der Waals surface area contributed by atoms with Crippen molar-refractivity contribution in [3.05, 3.63) is 130 Å². The molecule has 0 fully saturated rings. The van der Waals surface area contributed by atoms with Crippen LogP contribution >= 0.6 is 0 Å². The number of nitrogens with zero attached hydrogens (tertiary/aromatic N) is 4. The molecule has 2 heterocycles. The Morgan fingerprint density at radius 1 is 0.690 bits per heavy atom. The zero-order chi connectivity index (χ0) is 42.0. The van der Waals surface area contributed by atoms with Crippen molar-refractivity contribution in [3.8, 4) is 23.3 Å². The molecule has 0 radical (unpaired) electrons. The third kappa shape index (κ3) is 9.06. The summed E-state index contributed by atoms with van der Waals surface area (Å²) in [6.07, 6.45) is 2.57. The zero-order valence-corrected chi connectivity index (χ0v) is 31.6. The van der Waals surface area contributed by atoms with Crippen molar-refractivity contribution in [2.24, 2.45) is 21.5 Å². The molecule has 2 amide bonds. The number of carbonyl (C=O) groups excluding carboxylic acids is 2. The lowest BCUT2D eigenvalue weighted by Crippen LogP contribution is -2.41. The Hall–Kier alpha value is -6.44. The first-order valence-electron chi connectivity index (χ1n) is 18.0. The molecule has 58 heavy (non-hydrogen) atoms. The first kappa shape index (κ1) is 42.7. The summed E-state index contributed by atoms with van der Waals surface area (Å²) in [6, 6.07) is 26.0. The van der Waals surface area contributed by atoms with Crippen LogP contribution in [-0.2, 0) is 27.1 Å². The van der Waals surface area contributed by atoms with Crippen LogP contribution in [0.2, 0.25) is 0 Å². The molecular formula is C42H44F4N6O6. The second-order valence-electron chi connectivity index (χ2n) is 13.1. The van der Waals surface area contributed by atoms with Crippen LogP contribution in [0.5, 0.6) is 11.5 Å². The van der Waals surface area contributed by atoms with Gasteiger partial charge < -0.3 is 31.2 Å². The maximum Gasteiger partial charge on any atom is 0.387 e. The quantitative estimate of drug-likeness (QED) is 0.0836. The van der Waals surface area contributed by atoms with E-state index in [-0.39, 0.29) is 49.9 Å². The minimum Gasteiger partial charge on any atom is -0.435 e. The van der Waals surface area contributed by atoms with Crippen molar-refractivity contribution in [1.29, 1.82) is 0 Å². The number of halogens is 4. The number of benzene rings is 4. The number of aryl methyl sites for hydroxylation is 1. The molecule has 2 aliphatic heterocycles. The smallest absolute Gasteiger partial charge is 0.387 e. The Kier molecular flexibility index (Phi) is 13.7. The molecule has 4 aromatic carbocycles. The number of hydrogen-bond donors (Lipinski definition) is 4. The van der Waals surface area contributed by atoms with Crippen molar-refractivity contribution < 1.29 is 48.3 Å². The first-order valence-corrected chi connectivity index (χ1v) is 18.0. The molecule has 0 aromatic heterocycles. The summed E-state index contributed by atoms with van der Waals surface area (Å²) in [5.74, 6) is 5.14. The number of aliphatic hydroxyl groups is 2. The average molecular weight is 805 g/mol. The molecule has 2 unspecified atom stereocenters. The molecule has 0 saturated heterocycles. The van der Waals surface area contributed by atoms with Crippen LogP contribution in [0, 0.1) is 11.8 Å². The predicted octanol–water partition coefficient (Wildman–Crippen LogP) is 4.93. The summed E-state index contributed by atoms with van der Waals surface area (Å²) in [6.45, 7) is -5.80. The Morgan fingerprint density at radius 2 is 1.17 bits per heavy atom. The van der Waals surface area contributed by atoms with Crippen LogP contribution in [0.25, 0.3) is 0 Å². The molecule has 0 saturated carbocycles. The summed E-state index contributed by atoms with van der Waals surface area (Å²) in [7, 11) is 3.06. The van der Waals surface area contributed by atoms with E-state index < -0.39 is 24.3 Å². The van der Waals surface area contributed by atoms with E-state index in [1.165, 1.54) is 53.2 Å². The summed E-state index contributed by atoms with van der Waals surface area (Å²) < 4.78 is 58.6. The number of nitrogens with two attached hydrogens (primary N) is 2. The number of alkyl halides is 4. The fourth-order valence-electron chi connectivity index (χ4n) is 6.56. The molecule has 2 atom stereocenters. The van der Waals surface area contributed by atoms with Crippen LogP contribution in [-0.4, -0.2) is 84.3 Å². The van der Waals surface area contributed by atoms with Gasteiger partial charge in [-0.3, -0.25) is 19.4 Å². The van der Waals surface area contributed by atoms with Gasteiger partial charge in [0.2, 0.25) is 0 Å². The van der Waals surface area contributed by atoms with Crippen molar-refractivity contribution in [3.63, 3.8) is 0 Å². The number of likely N-dealkylation sites (N-methyl/N-ethyl adjacent to an activating group) is 2. The van der Waals surface area contributed by atoms with E-state index in [1.807, 2.05) is 18.2 Å². The first-order chi connectivity index (χ1) is 27.8. The van der Waals surface area contributed by atoms with Gasteiger partial charge in [0.05, 0.1) is 6.61 Å². The molecule has 12 nitrogen and oxygen atoms in total. The molecule has 6 N–H and O–H groups in total. The molecule has 306 valence electrons. The Balaban J connectivity index is 0.000000256. The molecular weight excluding hydrogens is 760 g/mol. The van der Waals surface area contributed by atoms with Crippen LogP contribution in [0.15, 0.2) is 107 Å². The summed E-state index contributed by atoms with van der Waals surface area (Å²) in [5, 5.41) is 17.9. The number of hydrogen-bond acceptors (Lipinski definition) is 10. The predicted molar refractivity (Wildman–Crippen MR) is 210 cm³/mol. The second-order valence-corrected chi connectivity index (χ2v) is 13.1. The van der Waals surface area contributed by atoms with Crippen LogP contribution in [0.4, 0.5) is 17.6 Å². The number of ether oxygens (including phenoxy) is 2. The van der Waals surface area contributed by atoms with Crippen molar-refractivity contribution >= 4 is 23.7 Å². The standard InChI is InChI=1S/C21H23F2N3O3.C21H19F2N3O3.H2/c2*1-26-18(28)21(25-20(26)24,15-8-10-17(11-9-15)29-19(22)23)16-7-4-6-14(13-16)5-2-3-12-27;/h4,6-11,13,19,27H,2-3,5,12H2,1H3,(H2,24,25);4,6-11,13,19,27H,3,12H2,1H3,(H2,24,25);1H. The van der Waals surface area contributed by atoms with E-state index in [9.17, 15) is 27.2 Å². The monoisotopic (exact) mass is 804 g/mol. The minimum absolute atomic E-state index is 0. The molecule has 4 aromatic rings. The average Bonchev–Trinajstić information content (AvgIpc) is 3.58. The topological polar surface area (TPSA) is 176 Å². The van der Waals surface area contributed by atoms with Gasteiger partial charge >= 0.3 is 13.2 Å². The fourth-order valence-corrected chi connectivity index (χ4v) is 6.56. The minimum atomic E-state index is -2.95. The lowest BCUT2D eigenvalue weighted by atomic mass is 9.82. The number of carbonyl (C=O) groups is 2. The third-order valence-corrected chi connectivity index (χ3v) is 9.44. The van der Waals surface area contributed by atoms with Crippen LogP contribution in [0.1, 0.15) is 54.1 Å². The highest BCUT2D eigenvalue weighted by molar-refractivity contribution is 6.09. The SMILES string of the molecule is CN1C(=O)C(c2ccc(OC(F)F)cc2)(c2cccc(C#CCCO)c2)N=C1N.CN1C(=O)C(c2ccc(OC(F)F)cc2)(c2cccc(CCCCO)c2)N=C1N.[HH]. The number of unbranched alkanes of at least 4 members (excludes halogenated alkanes) is 1. The van der Waals surface area contributed by atoms with E-state index >= 15 is 0 Å². The van der Waals surface area contributed by atoms with Gasteiger partial charge in [-0.15, -0.1) is 0 Å². The molecule has 16 heteroatoms. The number of rotatable bonds is 13. The van der Waals surface area contributed by atoms with Crippen LogP contribution < -0.4 is 20.9 Å². The van der Waals surface area contributed by atoms with Crippen molar-refractivity contribution in [2.75, 3.05) is 27.3 Å². The van der Waals surface area contributed by atoms with E-state index in [1.54, 1.807) is 49.5 Å². The van der Waals surface area contributed by atoms with Gasteiger partial charge in [0.15, 0.2) is 23.0 Å². The van der Waals surface area contributed by atoms with E-state index in [0.29, 0.717) is 40.7 Å². The maximum atomic E-state index is 13.2. The third-order valence-electron chi connectivity index (χ3n) is 9.44. The second kappa shape index (κ2) is 18.7. The molecule has 6 rings (SSSR count). The van der Waals surface area contributed by atoms with Crippen molar-refractivity contribution in [1.82, 2.24) is 9.80 Å². The Morgan fingerprint density at radius 3 is 1.60 bits per heavy atom. The number of guanidine groups is 2. The Labute approximate surface area is 333 Å². The molecule has 0 bridgehead atoms. The summed E-state index contributed by atoms with van der Waals surface area (Å²) in [5.41, 5.74) is 12.8. The number of aliphatic hydroxyl groups excluding tert-OH is 2. The highest BCUT2D eigenvalue weighted by atomic mass is 19.3. The Bertz CT molecular complexity index is 2220. The van der Waals surface area contributed by atoms with E-state index in [2.05, 4.69) is 31.3 Å². The van der Waals surface area contributed by atoms with Gasteiger partial charge in [0.1, 0.15) is 11.5 Å². The highest BCUT2D eigenvalue weighted by Crippen LogP contribution is 2.41. The normalized spacial score (nSPS) is 18.7. The summed E-state index contributed by atoms with van der Waals surface area (Å²) >= 11 is 0. The van der Waals surface area contributed by atoms with E-state index in [4.69, 9.17) is 21.7 Å². The molecule has 0 spiro atoms.